The van der Waals surface area contributed by atoms with Crippen LogP contribution in [-0.4, -0.2) is 58.6 Å². The van der Waals surface area contributed by atoms with E-state index in [9.17, 15) is 13.2 Å². The van der Waals surface area contributed by atoms with Gasteiger partial charge in [-0.2, -0.15) is 0 Å². The van der Waals surface area contributed by atoms with Crippen molar-refractivity contribution in [1.29, 1.82) is 0 Å². The third kappa shape index (κ3) is 3.65. The number of carbonyl (C=O) groups excluding carboxylic acids is 1. The van der Waals surface area contributed by atoms with Gasteiger partial charge in [0.15, 0.2) is 0 Å². The average Bonchev–Trinajstić information content (AvgIpc) is 3.14. The Bertz CT molecular complexity index is 751. The maximum Gasteiger partial charge on any atom is 0.253 e. The average molecular weight is 367 g/mol. The van der Waals surface area contributed by atoms with E-state index >= 15 is 0 Å². The third-order valence-corrected chi connectivity index (χ3v) is 6.45. The van der Waals surface area contributed by atoms with Crippen molar-refractivity contribution in [2.24, 2.45) is 11.8 Å². The predicted octanol–water partition coefficient (Wildman–Crippen LogP) is 0.673. The van der Waals surface area contributed by atoms with E-state index in [0.717, 1.165) is 26.2 Å². The first-order chi connectivity index (χ1) is 11.8. The number of fused-ring (bicyclic) bond motifs is 1. The van der Waals surface area contributed by atoms with Crippen molar-refractivity contribution in [3.05, 3.63) is 23.8 Å². The zero-order valence-corrected chi connectivity index (χ0v) is 15.6. The molecule has 0 aromatic heterocycles. The van der Waals surface area contributed by atoms with Gasteiger partial charge in [0.25, 0.3) is 5.91 Å². The molecule has 0 radical (unpaired) electrons. The highest BCUT2D eigenvalue weighted by atomic mass is 32.2. The highest BCUT2D eigenvalue weighted by Crippen LogP contribution is 2.30. The Hall–Kier alpha value is -1.64. The van der Waals surface area contributed by atoms with Gasteiger partial charge in [0.05, 0.1) is 7.11 Å². The lowest BCUT2D eigenvalue weighted by molar-refractivity contribution is 0.0781. The first-order valence-corrected chi connectivity index (χ1v) is 10.0. The molecule has 2 N–H and O–H groups in total. The van der Waals surface area contributed by atoms with E-state index in [4.69, 9.17) is 4.74 Å². The molecule has 0 aliphatic carbocycles. The van der Waals surface area contributed by atoms with Crippen LogP contribution in [0, 0.1) is 11.8 Å². The highest BCUT2D eigenvalue weighted by molar-refractivity contribution is 7.89. The van der Waals surface area contributed by atoms with Crippen molar-refractivity contribution in [3.63, 3.8) is 0 Å². The first kappa shape index (κ1) is 18.2. The van der Waals surface area contributed by atoms with Crippen molar-refractivity contribution in [2.45, 2.75) is 24.8 Å². The van der Waals surface area contributed by atoms with Crippen LogP contribution in [0.2, 0.25) is 0 Å². The molecule has 2 saturated heterocycles. The van der Waals surface area contributed by atoms with Gasteiger partial charge < -0.3 is 15.0 Å². The molecule has 8 heteroatoms. The molecule has 138 valence electrons. The minimum atomic E-state index is -3.75. The number of hydrogen-bond donors (Lipinski definition) is 2. The van der Waals surface area contributed by atoms with Crippen LogP contribution in [0.1, 0.15) is 24.2 Å². The number of nitrogens with zero attached hydrogens (tertiary/aromatic N) is 1. The van der Waals surface area contributed by atoms with Gasteiger partial charge in [0, 0.05) is 37.8 Å². The summed E-state index contributed by atoms with van der Waals surface area (Å²) in [6.07, 6.45) is 0. The van der Waals surface area contributed by atoms with E-state index in [1.165, 1.54) is 13.2 Å². The van der Waals surface area contributed by atoms with E-state index in [-0.39, 0.29) is 22.6 Å². The van der Waals surface area contributed by atoms with E-state index < -0.39 is 10.0 Å². The Labute approximate surface area is 148 Å². The summed E-state index contributed by atoms with van der Waals surface area (Å²) in [5.41, 5.74) is 0.373. The van der Waals surface area contributed by atoms with Crippen LogP contribution in [0.25, 0.3) is 0 Å². The van der Waals surface area contributed by atoms with Crippen LogP contribution in [0.5, 0.6) is 5.75 Å². The van der Waals surface area contributed by atoms with Crippen LogP contribution in [0.4, 0.5) is 0 Å². The van der Waals surface area contributed by atoms with Crippen LogP contribution in [0.3, 0.4) is 0 Å². The molecule has 2 fully saturated rings. The molecule has 2 aliphatic heterocycles. The summed E-state index contributed by atoms with van der Waals surface area (Å²) >= 11 is 0. The molecule has 0 saturated carbocycles. The topological polar surface area (TPSA) is 87.7 Å². The lowest BCUT2D eigenvalue weighted by atomic mass is 10.0. The Morgan fingerprint density at radius 2 is 1.92 bits per heavy atom. The van der Waals surface area contributed by atoms with Gasteiger partial charge in [0.2, 0.25) is 10.0 Å². The van der Waals surface area contributed by atoms with Crippen LogP contribution < -0.4 is 14.8 Å². The van der Waals surface area contributed by atoms with Gasteiger partial charge >= 0.3 is 0 Å². The fraction of sp³-hybridized carbons (Fsp3) is 0.588. The number of rotatable bonds is 5. The number of carbonyl (C=O) groups is 1. The van der Waals surface area contributed by atoms with Crippen molar-refractivity contribution in [1.82, 2.24) is 14.9 Å². The number of nitrogens with one attached hydrogen (secondary N) is 2. The lowest BCUT2D eigenvalue weighted by Crippen LogP contribution is -2.33. The Kier molecular flexibility index (Phi) is 5.04. The minimum Gasteiger partial charge on any atom is -0.495 e. The molecule has 7 nitrogen and oxygen atoms in total. The zero-order chi connectivity index (χ0) is 18.2. The molecule has 0 bridgehead atoms. The van der Waals surface area contributed by atoms with Crippen molar-refractivity contribution in [2.75, 3.05) is 33.3 Å². The summed E-state index contributed by atoms with van der Waals surface area (Å²) in [4.78, 5) is 14.6. The molecule has 1 aromatic rings. The number of amides is 1. The zero-order valence-electron chi connectivity index (χ0n) is 14.8. The van der Waals surface area contributed by atoms with E-state index in [0.29, 0.717) is 17.4 Å². The highest BCUT2D eigenvalue weighted by Gasteiger charge is 2.38. The summed E-state index contributed by atoms with van der Waals surface area (Å²) in [6.45, 7) is 6.81. The predicted molar refractivity (Wildman–Crippen MR) is 94.2 cm³/mol. The summed E-state index contributed by atoms with van der Waals surface area (Å²) in [5, 5.41) is 3.34. The largest absolute Gasteiger partial charge is 0.495 e. The fourth-order valence-corrected chi connectivity index (χ4v) is 5.04. The second kappa shape index (κ2) is 6.93. The summed E-state index contributed by atoms with van der Waals surface area (Å²) in [5.74, 6) is 1.09. The number of ether oxygens (including phenoxy) is 1. The maximum absolute atomic E-state index is 12.8. The SMILES string of the molecule is COc1ccc(C(=O)N2C[C@H]3CNC[C@H]3C2)cc1S(=O)(=O)NC(C)C. The van der Waals surface area contributed by atoms with E-state index in [2.05, 4.69) is 10.0 Å². The maximum atomic E-state index is 12.8. The smallest absolute Gasteiger partial charge is 0.253 e. The molecule has 2 heterocycles. The van der Waals surface area contributed by atoms with E-state index in [1.54, 1.807) is 26.0 Å². The van der Waals surface area contributed by atoms with Crippen LogP contribution in [0.15, 0.2) is 23.1 Å². The molecule has 0 spiro atoms. The van der Waals surface area contributed by atoms with Gasteiger partial charge in [-0.05, 0) is 43.9 Å². The second-order valence-corrected chi connectivity index (χ2v) is 8.71. The van der Waals surface area contributed by atoms with Gasteiger partial charge in [-0.1, -0.05) is 0 Å². The molecule has 25 heavy (non-hydrogen) atoms. The molecule has 2 aliphatic rings. The molecule has 1 amide bonds. The van der Waals surface area contributed by atoms with Gasteiger partial charge in [0.1, 0.15) is 10.6 Å². The number of sulfonamides is 1. The number of hydrogen-bond acceptors (Lipinski definition) is 5. The molecule has 2 atom stereocenters. The Morgan fingerprint density at radius 3 is 2.48 bits per heavy atom. The Balaban J connectivity index is 1.88. The van der Waals surface area contributed by atoms with Crippen LogP contribution >= 0.6 is 0 Å². The van der Waals surface area contributed by atoms with Gasteiger partial charge in [-0.25, -0.2) is 13.1 Å². The lowest BCUT2D eigenvalue weighted by Gasteiger charge is -2.19. The molecule has 1 aromatic carbocycles. The Morgan fingerprint density at radius 1 is 1.28 bits per heavy atom. The van der Waals surface area contributed by atoms with Crippen LogP contribution in [-0.2, 0) is 10.0 Å². The van der Waals surface area contributed by atoms with Crippen molar-refractivity contribution in [3.8, 4) is 5.75 Å². The number of methoxy groups -OCH3 is 1. The van der Waals surface area contributed by atoms with Crippen molar-refractivity contribution < 1.29 is 17.9 Å². The fourth-order valence-electron chi connectivity index (χ4n) is 3.60. The quantitative estimate of drug-likeness (QED) is 0.799. The molecular weight excluding hydrogens is 342 g/mol. The molecule has 3 rings (SSSR count). The monoisotopic (exact) mass is 367 g/mol. The third-order valence-electron chi connectivity index (χ3n) is 4.77. The number of likely N-dealkylation sites (tertiary alicyclic amines) is 1. The first-order valence-electron chi connectivity index (χ1n) is 8.52. The van der Waals surface area contributed by atoms with E-state index in [1.807, 2.05) is 4.90 Å². The molecular formula is C17H25N3O4S. The summed E-state index contributed by atoms with van der Waals surface area (Å²) in [7, 11) is -2.34. The summed E-state index contributed by atoms with van der Waals surface area (Å²) < 4.78 is 32.8. The summed E-state index contributed by atoms with van der Waals surface area (Å²) in [6, 6.07) is 4.33. The normalized spacial score (nSPS) is 23.1. The van der Waals surface area contributed by atoms with Gasteiger partial charge in [-0.15, -0.1) is 0 Å². The second-order valence-electron chi connectivity index (χ2n) is 7.03. The van der Waals surface area contributed by atoms with Crippen molar-refractivity contribution >= 4 is 15.9 Å². The molecule has 0 unspecified atom stereocenters. The minimum absolute atomic E-state index is 0.00407. The number of benzene rings is 1. The van der Waals surface area contributed by atoms with Gasteiger partial charge in [-0.3, -0.25) is 4.79 Å². The standard InChI is InChI=1S/C17H25N3O4S/c1-11(2)19-25(22,23)16-6-12(4-5-15(16)24-3)17(21)20-9-13-7-18-8-14(13)10-20/h4-6,11,13-14,18-19H,7-10H2,1-3H3/t13-,14+.